The number of furan rings is 1. The zero-order valence-corrected chi connectivity index (χ0v) is 35.9. The predicted molar refractivity (Wildman–Crippen MR) is 258 cm³/mol. The van der Waals surface area contributed by atoms with Crippen molar-refractivity contribution in [3.8, 4) is 67.0 Å². The topological polar surface area (TPSA) is 70.3 Å². The van der Waals surface area contributed by atoms with E-state index in [9.17, 15) is 0 Å². The highest BCUT2D eigenvalue weighted by atomic mass is 16.7. The van der Waals surface area contributed by atoms with E-state index in [1.165, 1.54) is 0 Å². The van der Waals surface area contributed by atoms with Crippen molar-refractivity contribution in [2.24, 2.45) is 0 Å². The van der Waals surface area contributed by atoms with Crippen LogP contribution in [0.15, 0.2) is 180 Å². The van der Waals surface area contributed by atoms with Crippen molar-refractivity contribution in [1.82, 2.24) is 15.0 Å². The van der Waals surface area contributed by atoms with Crippen LogP contribution in [0.2, 0.25) is 0 Å². The highest BCUT2D eigenvalue weighted by molar-refractivity contribution is 6.62. The molecule has 63 heavy (non-hydrogen) atoms. The van der Waals surface area contributed by atoms with E-state index in [1.807, 2.05) is 31.3 Å². The molecule has 0 spiro atoms. The standard InChI is InChI=1S/C56H44BN3O3/c1-35-21-28-48-47-18-12-19-49(53(47)61-54(48)59-35)52-30-27-39(34-58-52)44-15-8-10-17-46(44)41-31-40(32-42(33-41)57-62-55(2,3)56(4,5)63-57)45-16-9-7-14-43(45)36-22-24-38(25-23-36)51-29-26-37-13-6-11-20-50(37)60-51/h6-34H,1-5H3. The number of hydrogen-bond donors (Lipinski definition) is 0. The summed E-state index contributed by atoms with van der Waals surface area (Å²) in [5.41, 5.74) is 15.7. The molecule has 0 aliphatic carbocycles. The predicted octanol–water partition coefficient (Wildman–Crippen LogP) is 13.5. The molecule has 11 rings (SSSR count). The molecule has 0 radical (unpaired) electrons. The van der Waals surface area contributed by atoms with Crippen molar-refractivity contribution in [3.05, 3.63) is 182 Å². The molecule has 7 heteroatoms. The molecule has 10 aromatic rings. The Morgan fingerprint density at radius 1 is 0.460 bits per heavy atom. The van der Waals surface area contributed by atoms with Gasteiger partial charge in [-0.1, -0.05) is 127 Å². The molecule has 1 aliphatic heterocycles. The Balaban J connectivity index is 0.993. The average Bonchev–Trinajstić information content (AvgIpc) is 3.79. The van der Waals surface area contributed by atoms with Crippen LogP contribution in [0.5, 0.6) is 0 Å². The molecule has 6 aromatic carbocycles. The Labute approximate surface area is 367 Å². The average molecular weight is 818 g/mol. The minimum absolute atomic E-state index is 0.499. The van der Waals surface area contributed by atoms with E-state index in [0.717, 1.165) is 105 Å². The molecule has 4 aromatic heterocycles. The maximum Gasteiger partial charge on any atom is 0.494 e. The van der Waals surface area contributed by atoms with Crippen LogP contribution in [-0.2, 0) is 9.31 Å². The van der Waals surface area contributed by atoms with Gasteiger partial charge in [0.1, 0.15) is 5.58 Å². The third-order valence-electron chi connectivity index (χ3n) is 12.9. The van der Waals surface area contributed by atoms with E-state index >= 15 is 0 Å². The Morgan fingerprint density at radius 2 is 1.05 bits per heavy atom. The van der Waals surface area contributed by atoms with Crippen LogP contribution < -0.4 is 5.46 Å². The molecule has 5 heterocycles. The lowest BCUT2D eigenvalue weighted by Gasteiger charge is -2.32. The molecule has 1 fully saturated rings. The molecule has 0 bridgehead atoms. The highest BCUT2D eigenvalue weighted by Gasteiger charge is 2.51. The summed E-state index contributed by atoms with van der Waals surface area (Å²) < 4.78 is 19.7. The van der Waals surface area contributed by atoms with Gasteiger partial charge < -0.3 is 13.7 Å². The van der Waals surface area contributed by atoms with Gasteiger partial charge in [0.2, 0.25) is 5.71 Å². The Bertz CT molecular complexity index is 3360. The maximum absolute atomic E-state index is 6.70. The first-order valence-electron chi connectivity index (χ1n) is 21.5. The second kappa shape index (κ2) is 15.0. The number of para-hydroxylation sites is 2. The molecule has 1 aliphatic rings. The number of aryl methyl sites for hydroxylation is 1. The lowest BCUT2D eigenvalue weighted by Crippen LogP contribution is -2.41. The Hall–Kier alpha value is -7.19. The van der Waals surface area contributed by atoms with Crippen molar-refractivity contribution in [2.75, 3.05) is 0 Å². The second-order valence-corrected chi connectivity index (χ2v) is 17.5. The summed E-state index contributed by atoms with van der Waals surface area (Å²) in [5.74, 6) is 0. The van der Waals surface area contributed by atoms with Gasteiger partial charge in [-0.15, -0.1) is 0 Å². The summed E-state index contributed by atoms with van der Waals surface area (Å²) in [6.45, 7) is 10.4. The molecule has 0 unspecified atom stereocenters. The smallest absolute Gasteiger partial charge is 0.437 e. The maximum atomic E-state index is 6.70. The van der Waals surface area contributed by atoms with Gasteiger partial charge in [0, 0.05) is 44.7 Å². The van der Waals surface area contributed by atoms with Gasteiger partial charge in [0.15, 0.2) is 0 Å². The van der Waals surface area contributed by atoms with E-state index in [2.05, 4.69) is 184 Å². The minimum Gasteiger partial charge on any atom is -0.437 e. The summed E-state index contributed by atoms with van der Waals surface area (Å²) in [7, 11) is -0.553. The number of rotatable bonds is 7. The summed E-state index contributed by atoms with van der Waals surface area (Å²) in [5, 5.41) is 3.16. The number of pyridine rings is 3. The fourth-order valence-electron chi connectivity index (χ4n) is 8.78. The first kappa shape index (κ1) is 38.7. The van der Waals surface area contributed by atoms with Gasteiger partial charge in [0.25, 0.3) is 0 Å². The largest absolute Gasteiger partial charge is 0.494 e. The Morgan fingerprint density at radius 3 is 1.73 bits per heavy atom. The number of benzene rings is 6. The minimum atomic E-state index is -0.553. The fraction of sp³-hybridized carbons (Fsp3) is 0.125. The van der Waals surface area contributed by atoms with Crippen LogP contribution in [0.25, 0.3) is 100.0 Å². The van der Waals surface area contributed by atoms with Gasteiger partial charge in [-0.3, -0.25) is 4.98 Å². The van der Waals surface area contributed by atoms with E-state index < -0.39 is 18.3 Å². The molecule has 0 amide bonds. The fourth-order valence-corrected chi connectivity index (χ4v) is 8.78. The zero-order valence-electron chi connectivity index (χ0n) is 35.9. The summed E-state index contributed by atoms with van der Waals surface area (Å²) >= 11 is 0. The third kappa shape index (κ3) is 6.90. The number of aromatic nitrogens is 3. The molecule has 304 valence electrons. The number of hydrogen-bond acceptors (Lipinski definition) is 6. The second-order valence-electron chi connectivity index (χ2n) is 17.5. The molecule has 6 nitrogen and oxygen atoms in total. The SMILES string of the molecule is Cc1ccc2c(n1)oc1c(-c3ccc(-c4ccccc4-c4cc(B5OC(C)(C)C(C)(C)O5)cc(-c5ccccc5-c5ccc(-c6ccc7ccccc7n6)cc5)c4)cn3)cccc12. The monoisotopic (exact) mass is 817 g/mol. The van der Waals surface area contributed by atoms with Gasteiger partial charge in [-0.25, -0.2) is 9.97 Å². The lowest BCUT2D eigenvalue weighted by molar-refractivity contribution is 0.00578. The molecular weight excluding hydrogens is 773 g/mol. The summed E-state index contributed by atoms with van der Waals surface area (Å²) in [4.78, 5) is 14.6. The molecular formula is C56H44BN3O3. The van der Waals surface area contributed by atoms with Crippen molar-refractivity contribution in [1.29, 1.82) is 0 Å². The first-order chi connectivity index (χ1) is 30.6. The van der Waals surface area contributed by atoms with Crippen LogP contribution in [-0.4, -0.2) is 33.3 Å². The third-order valence-corrected chi connectivity index (χ3v) is 12.9. The van der Waals surface area contributed by atoms with E-state index in [0.29, 0.717) is 5.71 Å². The highest BCUT2D eigenvalue weighted by Crippen LogP contribution is 2.41. The van der Waals surface area contributed by atoms with Gasteiger partial charge in [0.05, 0.1) is 28.1 Å². The van der Waals surface area contributed by atoms with Crippen molar-refractivity contribution < 1.29 is 13.7 Å². The molecule has 0 atom stereocenters. The normalized spacial score (nSPS) is 14.5. The Kier molecular flexibility index (Phi) is 9.23. The number of nitrogens with zero attached hydrogens (tertiary/aromatic N) is 3. The van der Waals surface area contributed by atoms with Crippen molar-refractivity contribution in [2.45, 2.75) is 45.8 Å². The van der Waals surface area contributed by atoms with Crippen LogP contribution in [0.1, 0.15) is 33.4 Å². The van der Waals surface area contributed by atoms with Crippen molar-refractivity contribution in [3.63, 3.8) is 0 Å². The van der Waals surface area contributed by atoms with E-state index in [4.69, 9.17) is 23.7 Å². The zero-order chi connectivity index (χ0) is 42.9. The van der Waals surface area contributed by atoms with E-state index in [1.54, 1.807) is 0 Å². The van der Waals surface area contributed by atoms with Gasteiger partial charge in [-0.05, 0) is 121 Å². The van der Waals surface area contributed by atoms with Crippen LogP contribution in [0.3, 0.4) is 0 Å². The number of fused-ring (bicyclic) bond motifs is 4. The van der Waals surface area contributed by atoms with Crippen LogP contribution in [0.4, 0.5) is 0 Å². The van der Waals surface area contributed by atoms with Crippen LogP contribution >= 0.6 is 0 Å². The van der Waals surface area contributed by atoms with Crippen molar-refractivity contribution >= 4 is 45.6 Å². The molecule has 0 N–H and O–H groups in total. The van der Waals surface area contributed by atoms with E-state index in [-0.39, 0.29) is 0 Å². The molecule has 1 saturated heterocycles. The quantitative estimate of drug-likeness (QED) is 0.149. The van der Waals surface area contributed by atoms with Crippen LogP contribution in [0, 0.1) is 6.92 Å². The first-order valence-corrected chi connectivity index (χ1v) is 21.5. The lowest BCUT2D eigenvalue weighted by atomic mass is 9.75. The summed E-state index contributed by atoms with van der Waals surface area (Å²) in [6.07, 6.45) is 1.96. The summed E-state index contributed by atoms with van der Waals surface area (Å²) in [6, 6.07) is 59.6. The van der Waals surface area contributed by atoms with Gasteiger partial charge in [-0.2, -0.15) is 0 Å². The van der Waals surface area contributed by atoms with Gasteiger partial charge >= 0.3 is 7.12 Å². The molecule has 0 saturated carbocycles.